The maximum absolute atomic E-state index is 13.3. The molecule has 0 saturated heterocycles. The van der Waals surface area contributed by atoms with Crippen molar-refractivity contribution in [1.82, 2.24) is 0 Å². The van der Waals surface area contributed by atoms with Crippen molar-refractivity contribution < 1.29 is 56.9 Å². The molecule has 2 rings (SSSR count). The second-order valence-corrected chi connectivity index (χ2v) is 11.5. The molecule has 0 unspecified atom stereocenters. The Bertz CT molecular complexity index is 886. The van der Waals surface area contributed by atoms with Crippen LogP contribution in [-0.4, -0.2) is 18.8 Å². The fraction of sp³-hybridized carbons (Fsp3) is 0.400. The van der Waals surface area contributed by atoms with E-state index < -0.39 is 74.5 Å². The molecular formula is C20H16F12OS. The minimum absolute atomic E-state index is 0.207. The highest BCUT2D eigenvalue weighted by atomic mass is 32.3. The summed E-state index contributed by atoms with van der Waals surface area (Å²) in [6.45, 7) is 0. The normalized spacial score (nSPS) is 14.6. The maximum atomic E-state index is 13.3. The quantitative estimate of drug-likeness (QED) is 0.359. The lowest BCUT2D eigenvalue weighted by Gasteiger charge is -2.33. The van der Waals surface area contributed by atoms with Crippen molar-refractivity contribution in [1.29, 1.82) is 0 Å². The van der Waals surface area contributed by atoms with Crippen molar-refractivity contribution >= 4 is 10.3 Å². The highest BCUT2D eigenvalue weighted by Crippen LogP contribution is 2.48. The molecule has 2 aromatic rings. The Morgan fingerprint density at radius 3 is 0.912 bits per heavy atom. The number of hydrogen-bond acceptors (Lipinski definition) is 1. The van der Waals surface area contributed by atoms with Gasteiger partial charge in [-0.15, -0.1) is 10.3 Å². The van der Waals surface area contributed by atoms with Crippen molar-refractivity contribution in [2.45, 2.75) is 30.8 Å². The first-order valence-electron chi connectivity index (χ1n) is 8.94. The minimum atomic E-state index is -5.29. The Kier molecular flexibility index (Phi) is 7.32. The highest BCUT2D eigenvalue weighted by molar-refractivity contribution is 8.28. The fourth-order valence-electron chi connectivity index (χ4n) is 2.85. The first-order valence-corrected chi connectivity index (χ1v) is 11.7. The summed E-state index contributed by atoms with van der Waals surface area (Å²) in [6, 6.07) is 0.407. The minimum Gasteiger partial charge on any atom is -0.325 e. The second kappa shape index (κ2) is 8.85. The number of alkyl halides is 12. The SMILES string of the molecule is CS(C)(C)OC(c1cc(C(F)(F)F)cc(C(F)(F)F)c1)c1cc(C(F)(F)F)cc(C(F)(F)F)c1. The predicted molar refractivity (Wildman–Crippen MR) is 101 cm³/mol. The topological polar surface area (TPSA) is 9.23 Å². The van der Waals surface area contributed by atoms with Crippen LogP contribution in [0.15, 0.2) is 36.4 Å². The van der Waals surface area contributed by atoms with E-state index in [2.05, 4.69) is 0 Å². The van der Waals surface area contributed by atoms with Crippen LogP contribution >= 0.6 is 10.3 Å². The molecule has 192 valence electrons. The number of rotatable bonds is 4. The molecule has 0 amide bonds. The summed E-state index contributed by atoms with van der Waals surface area (Å²) in [6.07, 6.45) is -19.2. The maximum Gasteiger partial charge on any atom is 0.416 e. The van der Waals surface area contributed by atoms with Crippen LogP contribution < -0.4 is 0 Å². The molecule has 0 radical (unpaired) electrons. The lowest BCUT2D eigenvalue weighted by Crippen LogP contribution is -2.17. The predicted octanol–water partition coefficient (Wildman–Crippen LogP) is 8.48. The van der Waals surface area contributed by atoms with Crippen molar-refractivity contribution in [3.8, 4) is 0 Å². The van der Waals surface area contributed by atoms with E-state index in [0.29, 0.717) is 0 Å². The molecule has 34 heavy (non-hydrogen) atoms. The van der Waals surface area contributed by atoms with Gasteiger partial charge in [-0.3, -0.25) is 0 Å². The molecule has 14 heteroatoms. The van der Waals surface area contributed by atoms with E-state index >= 15 is 0 Å². The van der Waals surface area contributed by atoms with E-state index in [9.17, 15) is 52.7 Å². The average Bonchev–Trinajstić information content (AvgIpc) is 2.62. The van der Waals surface area contributed by atoms with E-state index in [-0.39, 0.29) is 36.4 Å². The Balaban J connectivity index is 2.91. The monoisotopic (exact) mass is 532 g/mol. The van der Waals surface area contributed by atoms with Gasteiger partial charge in [-0.25, -0.2) is 0 Å². The lowest BCUT2D eigenvalue weighted by atomic mass is 9.94. The van der Waals surface area contributed by atoms with Gasteiger partial charge in [0.05, 0.1) is 22.3 Å². The van der Waals surface area contributed by atoms with Gasteiger partial charge in [-0.2, -0.15) is 52.7 Å². The number of hydrogen-bond donors (Lipinski definition) is 0. The van der Waals surface area contributed by atoms with Crippen LogP contribution in [0.4, 0.5) is 52.7 Å². The van der Waals surface area contributed by atoms with Crippen LogP contribution in [0.5, 0.6) is 0 Å². The summed E-state index contributed by atoms with van der Waals surface area (Å²) >= 11 is 0. The molecule has 0 N–H and O–H groups in total. The van der Waals surface area contributed by atoms with E-state index in [1.54, 1.807) is 0 Å². The Morgan fingerprint density at radius 2 is 0.735 bits per heavy atom. The molecule has 0 fully saturated rings. The third kappa shape index (κ3) is 7.20. The number of halogens is 12. The first kappa shape index (κ1) is 28.1. The van der Waals surface area contributed by atoms with Gasteiger partial charge < -0.3 is 4.18 Å². The molecule has 0 aliphatic heterocycles. The third-order valence-corrected chi connectivity index (χ3v) is 4.98. The van der Waals surface area contributed by atoms with E-state index in [1.807, 2.05) is 0 Å². The van der Waals surface area contributed by atoms with Gasteiger partial charge in [0.25, 0.3) is 0 Å². The Hall–Kier alpha value is -2.09. The summed E-state index contributed by atoms with van der Waals surface area (Å²) in [5.41, 5.74) is -8.99. The van der Waals surface area contributed by atoms with Gasteiger partial charge in [-0.1, -0.05) is 0 Å². The van der Waals surface area contributed by atoms with Crippen molar-refractivity contribution in [3.63, 3.8) is 0 Å². The van der Waals surface area contributed by atoms with Crippen LogP contribution in [0.25, 0.3) is 0 Å². The molecule has 0 spiro atoms. The van der Waals surface area contributed by atoms with E-state index in [0.717, 1.165) is 0 Å². The van der Waals surface area contributed by atoms with Gasteiger partial charge in [0.2, 0.25) is 0 Å². The summed E-state index contributed by atoms with van der Waals surface area (Å²) < 4.78 is 165. The van der Waals surface area contributed by atoms with E-state index in [4.69, 9.17) is 4.18 Å². The van der Waals surface area contributed by atoms with Crippen molar-refractivity contribution in [3.05, 3.63) is 69.8 Å². The molecule has 0 saturated carbocycles. The Labute approximate surface area is 187 Å². The van der Waals surface area contributed by atoms with Crippen molar-refractivity contribution in [2.75, 3.05) is 18.8 Å². The highest BCUT2D eigenvalue weighted by Gasteiger charge is 2.40. The standard InChI is InChI=1S/C20H16F12OS/c1-34(2,3)33-16(10-4-12(17(21,22)23)8-13(5-10)18(24,25)26)11-6-14(19(27,28)29)9-15(7-11)20(30,31)32/h4-9,16H,1-3H3. The third-order valence-electron chi connectivity index (χ3n) is 4.21. The molecule has 0 aliphatic rings. The molecule has 0 aliphatic carbocycles. The van der Waals surface area contributed by atoms with Crippen molar-refractivity contribution in [2.24, 2.45) is 0 Å². The zero-order valence-electron chi connectivity index (χ0n) is 17.4. The van der Waals surface area contributed by atoms with Gasteiger partial charge >= 0.3 is 24.7 Å². The summed E-state index contributed by atoms with van der Waals surface area (Å²) in [7, 11) is -2.34. The fourth-order valence-corrected chi connectivity index (χ4v) is 3.65. The van der Waals surface area contributed by atoms with Crippen LogP contribution in [0.1, 0.15) is 39.5 Å². The van der Waals surface area contributed by atoms with Crippen LogP contribution in [0.2, 0.25) is 0 Å². The zero-order chi connectivity index (χ0) is 26.5. The summed E-state index contributed by atoms with van der Waals surface area (Å²) in [5.74, 6) is 0. The Morgan fingerprint density at radius 1 is 0.500 bits per heavy atom. The summed E-state index contributed by atoms with van der Waals surface area (Å²) in [4.78, 5) is 0. The molecular weight excluding hydrogens is 516 g/mol. The van der Waals surface area contributed by atoms with Gasteiger partial charge in [0, 0.05) is 0 Å². The lowest BCUT2D eigenvalue weighted by molar-refractivity contribution is -0.144. The van der Waals surface area contributed by atoms with E-state index in [1.165, 1.54) is 18.8 Å². The van der Waals surface area contributed by atoms with Crippen LogP contribution in [-0.2, 0) is 28.9 Å². The second-order valence-electron chi connectivity index (χ2n) is 7.88. The van der Waals surface area contributed by atoms with Gasteiger partial charge in [0.1, 0.15) is 6.10 Å². The molecule has 1 nitrogen and oxygen atoms in total. The smallest absolute Gasteiger partial charge is 0.325 e. The first-order chi connectivity index (χ1) is 15.0. The zero-order valence-corrected chi connectivity index (χ0v) is 18.2. The molecule has 2 aromatic carbocycles. The molecule has 0 aromatic heterocycles. The molecule has 0 heterocycles. The van der Waals surface area contributed by atoms with Gasteiger partial charge in [-0.05, 0) is 66.3 Å². The average molecular weight is 532 g/mol. The van der Waals surface area contributed by atoms with Gasteiger partial charge in [0.15, 0.2) is 0 Å². The van der Waals surface area contributed by atoms with Crippen LogP contribution in [0, 0.1) is 0 Å². The molecule has 0 atom stereocenters. The largest absolute Gasteiger partial charge is 0.416 e. The number of benzene rings is 2. The summed E-state index contributed by atoms with van der Waals surface area (Å²) in [5, 5.41) is 0. The van der Waals surface area contributed by atoms with Crippen LogP contribution in [0.3, 0.4) is 0 Å². The molecule has 0 bridgehead atoms.